The van der Waals surface area contributed by atoms with Crippen molar-refractivity contribution >= 4 is 17.6 Å². The molecular formula is C17H13N3O5. The number of carbonyl (C=O) groups is 2. The Balaban J connectivity index is 1.82. The molecule has 1 aromatic heterocycles. The van der Waals surface area contributed by atoms with Gasteiger partial charge in [-0.1, -0.05) is 23.4 Å². The predicted octanol–water partition coefficient (Wildman–Crippen LogP) is 2.07. The minimum atomic E-state index is -0.663. The van der Waals surface area contributed by atoms with E-state index in [9.17, 15) is 14.4 Å². The first kappa shape index (κ1) is 16.2. The molecule has 8 nitrogen and oxygen atoms in total. The molecule has 25 heavy (non-hydrogen) atoms. The number of amides is 1. The molecule has 0 spiro atoms. The van der Waals surface area contributed by atoms with Gasteiger partial charge in [-0.15, -0.1) is 0 Å². The van der Waals surface area contributed by atoms with Crippen LogP contribution in [0, 0.1) is 0 Å². The molecule has 0 aliphatic rings. The van der Waals surface area contributed by atoms with Crippen molar-refractivity contribution in [2.45, 2.75) is 0 Å². The van der Waals surface area contributed by atoms with Crippen LogP contribution in [-0.4, -0.2) is 29.1 Å². The van der Waals surface area contributed by atoms with Crippen LogP contribution in [0.4, 0.5) is 5.69 Å². The molecule has 1 amide bonds. The maximum absolute atomic E-state index is 12.4. The van der Waals surface area contributed by atoms with Gasteiger partial charge in [0.2, 0.25) is 0 Å². The summed E-state index contributed by atoms with van der Waals surface area (Å²) < 4.78 is 9.10. The number of ether oxygens (including phenoxy) is 1. The number of H-pyrrole nitrogens is 1. The molecule has 0 atom stereocenters. The molecule has 8 heteroatoms. The highest BCUT2D eigenvalue weighted by atomic mass is 16.5. The van der Waals surface area contributed by atoms with Crippen LogP contribution in [0.2, 0.25) is 0 Å². The molecule has 1 heterocycles. The second-order valence-electron chi connectivity index (χ2n) is 5.05. The average Bonchev–Trinajstić information content (AvgIpc) is 3.08. The van der Waals surface area contributed by atoms with E-state index in [1.54, 1.807) is 42.5 Å². The number of aromatic amines is 1. The number of benzene rings is 2. The Morgan fingerprint density at radius 2 is 1.88 bits per heavy atom. The molecule has 2 aromatic carbocycles. The van der Waals surface area contributed by atoms with Crippen LogP contribution < -0.4 is 11.1 Å². The Labute approximate surface area is 141 Å². The van der Waals surface area contributed by atoms with E-state index in [4.69, 9.17) is 0 Å². The van der Waals surface area contributed by atoms with Gasteiger partial charge in [0.15, 0.2) is 5.82 Å². The van der Waals surface area contributed by atoms with Crippen LogP contribution in [0.5, 0.6) is 0 Å². The second-order valence-corrected chi connectivity index (χ2v) is 5.05. The number of esters is 1. The number of methoxy groups -OCH3 is 1. The fourth-order valence-electron chi connectivity index (χ4n) is 2.21. The van der Waals surface area contributed by atoms with Crippen molar-refractivity contribution in [3.63, 3.8) is 0 Å². The number of hydrogen-bond donors (Lipinski definition) is 2. The number of anilines is 1. The van der Waals surface area contributed by atoms with E-state index in [0.29, 0.717) is 16.8 Å². The van der Waals surface area contributed by atoms with Gasteiger partial charge in [0.05, 0.1) is 12.7 Å². The van der Waals surface area contributed by atoms with Crippen LogP contribution >= 0.6 is 0 Å². The Bertz CT molecular complexity index is 989. The summed E-state index contributed by atoms with van der Waals surface area (Å²) in [7, 11) is 1.27. The summed E-state index contributed by atoms with van der Waals surface area (Å²) in [6, 6.07) is 12.9. The van der Waals surface area contributed by atoms with E-state index in [0.717, 1.165) is 0 Å². The van der Waals surface area contributed by atoms with E-state index >= 15 is 0 Å². The van der Waals surface area contributed by atoms with Crippen molar-refractivity contribution < 1.29 is 18.8 Å². The van der Waals surface area contributed by atoms with Crippen molar-refractivity contribution in [1.29, 1.82) is 0 Å². The van der Waals surface area contributed by atoms with E-state index in [1.807, 2.05) is 0 Å². The highest BCUT2D eigenvalue weighted by Gasteiger charge is 2.12. The molecule has 2 N–H and O–H groups in total. The third-order valence-electron chi connectivity index (χ3n) is 3.38. The minimum Gasteiger partial charge on any atom is -0.465 e. The maximum atomic E-state index is 12.4. The summed E-state index contributed by atoms with van der Waals surface area (Å²) in [6.45, 7) is 0. The molecule has 0 saturated carbocycles. The summed E-state index contributed by atoms with van der Waals surface area (Å²) in [5.74, 6) is -1.32. The second kappa shape index (κ2) is 6.83. The maximum Gasteiger partial charge on any atom is 0.439 e. The summed E-state index contributed by atoms with van der Waals surface area (Å²) in [6.07, 6.45) is 0. The number of hydrogen-bond acceptors (Lipinski definition) is 6. The largest absolute Gasteiger partial charge is 0.465 e. The van der Waals surface area contributed by atoms with Crippen LogP contribution in [0.3, 0.4) is 0 Å². The Kier molecular flexibility index (Phi) is 4.42. The first-order valence-electron chi connectivity index (χ1n) is 7.23. The fourth-order valence-corrected chi connectivity index (χ4v) is 2.21. The molecular weight excluding hydrogens is 326 g/mol. The van der Waals surface area contributed by atoms with Crippen molar-refractivity contribution in [2.24, 2.45) is 0 Å². The minimum absolute atomic E-state index is 0.258. The van der Waals surface area contributed by atoms with Crippen LogP contribution in [0.25, 0.3) is 11.4 Å². The van der Waals surface area contributed by atoms with Crippen molar-refractivity contribution in [1.82, 2.24) is 10.1 Å². The van der Waals surface area contributed by atoms with Crippen LogP contribution in [0.1, 0.15) is 20.7 Å². The third kappa shape index (κ3) is 3.63. The molecule has 126 valence electrons. The molecule has 0 radical (unpaired) electrons. The Morgan fingerprint density at radius 1 is 1.12 bits per heavy atom. The standard InChI is InChI=1S/C17H13N3O5/c1-24-16(22)12-6-2-5-11(8-12)15(21)18-13-7-3-4-10(9-13)14-19-17(23)25-20-14/h2-9H,1H3,(H,18,21)(H,19,20,23). The molecule has 0 saturated heterocycles. The van der Waals surface area contributed by atoms with Crippen LogP contribution in [0.15, 0.2) is 57.8 Å². The number of nitrogens with one attached hydrogen (secondary N) is 2. The van der Waals surface area contributed by atoms with Gasteiger partial charge >= 0.3 is 11.7 Å². The van der Waals surface area contributed by atoms with Gasteiger partial charge in [-0.25, -0.2) is 9.59 Å². The third-order valence-corrected chi connectivity index (χ3v) is 3.38. The molecule has 3 rings (SSSR count). The number of rotatable bonds is 4. The molecule has 0 aliphatic heterocycles. The quantitative estimate of drug-likeness (QED) is 0.703. The predicted molar refractivity (Wildman–Crippen MR) is 88.3 cm³/mol. The summed E-state index contributed by atoms with van der Waals surface area (Å²) >= 11 is 0. The highest BCUT2D eigenvalue weighted by molar-refractivity contribution is 6.05. The van der Waals surface area contributed by atoms with Gasteiger partial charge < -0.3 is 10.1 Å². The lowest BCUT2D eigenvalue weighted by Gasteiger charge is -2.07. The summed E-state index contributed by atoms with van der Waals surface area (Å²) in [5.41, 5.74) is 1.66. The molecule has 3 aromatic rings. The zero-order valence-corrected chi connectivity index (χ0v) is 13.1. The first-order chi connectivity index (χ1) is 12.1. The summed E-state index contributed by atoms with van der Waals surface area (Å²) in [5, 5.41) is 6.32. The number of carbonyl (C=O) groups excluding carboxylic acids is 2. The number of aromatic nitrogens is 2. The topological polar surface area (TPSA) is 114 Å². The van der Waals surface area contributed by atoms with Gasteiger partial charge in [0.25, 0.3) is 5.91 Å². The van der Waals surface area contributed by atoms with E-state index < -0.39 is 17.6 Å². The molecule has 0 unspecified atom stereocenters. The number of nitrogens with zero attached hydrogens (tertiary/aromatic N) is 1. The average molecular weight is 339 g/mol. The molecule has 0 aliphatic carbocycles. The lowest BCUT2D eigenvalue weighted by molar-refractivity contribution is 0.0600. The summed E-state index contributed by atoms with van der Waals surface area (Å²) in [4.78, 5) is 37.4. The SMILES string of the molecule is COC(=O)c1cccc(C(=O)Nc2cccc(-c3noc(=O)[nH]3)c2)c1. The first-order valence-corrected chi connectivity index (χ1v) is 7.23. The zero-order chi connectivity index (χ0) is 17.8. The highest BCUT2D eigenvalue weighted by Crippen LogP contribution is 2.19. The van der Waals surface area contributed by atoms with Crippen molar-refractivity contribution in [2.75, 3.05) is 12.4 Å². The van der Waals surface area contributed by atoms with Crippen molar-refractivity contribution in [3.8, 4) is 11.4 Å². The van der Waals surface area contributed by atoms with Gasteiger partial charge in [-0.2, -0.15) is 0 Å². The van der Waals surface area contributed by atoms with E-state index in [1.165, 1.54) is 13.2 Å². The van der Waals surface area contributed by atoms with Gasteiger partial charge in [0.1, 0.15) is 0 Å². The Hall–Kier alpha value is -3.68. The van der Waals surface area contributed by atoms with Crippen molar-refractivity contribution in [3.05, 3.63) is 70.2 Å². The zero-order valence-electron chi connectivity index (χ0n) is 13.1. The molecule has 0 bridgehead atoms. The molecule has 0 fully saturated rings. The lowest BCUT2D eigenvalue weighted by Crippen LogP contribution is -2.13. The van der Waals surface area contributed by atoms with Gasteiger partial charge in [-0.3, -0.25) is 14.3 Å². The van der Waals surface area contributed by atoms with E-state index in [2.05, 4.69) is 24.7 Å². The Morgan fingerprint density at radius 3 is 2.60 bits per heavy atom. The van der Waals surface area contributed by atoms with Gasteiger partial charge in [-0.05, 0) is 30.3 Å². The van der Waals surface area contributed by atoms with Gasteiger partial charge in [0, 0.05) is 16.8 Å². The lowest BCUT2D eigenvalue weighted by atomic mass is 10.1. The normalized spacial score (nSPS) is 10.3. The van der Waals surface area contributed by atoms with E-state index in [-0.39, 0.29) is 11.4 Å². The fraction of sp³-hybridized carbons (Fsp3) is 0.0588. The smallest absolute Gasteiger partial charge is 0.439 e. The monoisotopic (exact) mass is 339 g/mol. The van der Waals surface area contributed by atoms with Crippen LogP contribution in [-0.2, 0) is 4.74 Å².